The van der Waals surface area contributed by atoms with E-state index >= 15 is 0 Å². The zero-order valence-electron chi connectivity index (χ0n) is 15.0. The van der Waals surface area contributed by atoms with E-state index in [-0.39, 0.29) is 0 Å². The first-order valence-electron chi connectivity index (χ1n) is 9.66. The van der Waals surface area contributed by atoms with Crippen LogP contribution in [0, 0.1) is 0 Å². The van der Waals surface area contributed by atoms with Crippen LogP contribution in [0.15, 0.2) is 0 Å². The summed E-state index contributed by atoms with van der Waals surface area (Å²) >= 11 is 0. The number of unbranched alkanes of at least 4 members (excludes halogenated alkanes) is 8. The SMILES string of the molecule is CCCCCCCC(C)(CCCCCCC)N1CCC1N. The molecule has 0 spiro atoms. The minimum absolute atomic E-state index is 0.335. The van der Waals surface area contributed by atoms with E-state index < -0.39 is 0 Å². The molecule has 0 aromatic carbocycles. The molecule has 0 bridgehead atoms. The average molecular weight is 297 g/mol. The minimum atomic E-state index is 0.335. The van der Waals surface area contributed by atoms with Gasteiger partial charge in [-0.1, -0.05) is 78.1 Å². The number of hydrogen-bond acceptors (Lipinski definition) is 2. The molecule has 1 aliphatic rings. The Balaban J connectivity index is 2.31. The average Bonchev–Trinajstić information content (AvgIpc) is 2.45. The Morgan fingerprint density at radius 3 is 1.67 bits per heavy atom. The molecule has 0 amide bonds. The van der Waals surface area contributed by atoms with Crippen LogP contribution in [0.25, 0.3) is 0 Å². The Morgan fingerprint density at radius 1 is 0.857 bits per heavy atom. The van der Waals surface area contributed by atoms with Crippen LogP contribution in [0.5, 0.6) is 0 Å². The predicted octanol–water partition coefficient (Wildman–Crippen LogP) is 5.46. The summed E-state index contributed by atoms with van der Waals surface area (Å²) < 4.78 is 0. The third-order valence-electron chi connectivity index (χ3n) is 5.40. The largest absolute Gasteiger partial charge is 0.316 e. The molecule has 126 valence electrons. The molecule has 1 atom stereocenters. The molecule has 1 rings (SSSR count). The quantitative estimate of drug-likeness (QED) is 0.457. The maximum absolute atomic E-state index is 6.24. The number of nitrogens with two attached hydrogens (primary N) is 1. The normalized spacial score (nSPS) is 19.7. The summed E-state index contributed by atoms with van der Waals surface area (Å²) in [5, 5.41) is 0. The summed E-state index contributed by atoms with van der Waals surface area (Å²) in [7, 11) is 0. The molecule has 0 aromatic rings. The fourth-order valence-corrected chi connectivity index (χ4v) is 3.71. The van der Waals surface area contributed by atoms with Gasteiger partial charge in [0, 0.05) is 12.1 Å². The van der Waals surface area contributed by atoms with Crippen molar-refractivity contribution in [2.45, 2.75) is 116 Å². The Kier molecular flexibility index (Phi) is 9.59. The van der Waals surface area contributed by atoms with E-state index in [9.17, 15) is 0 Å². The Bertz CT molecular complexity index is 238. The fraction of sp³-hybridized carbons (Fsp3) is 1.00. The van der Waals surface area contributed by atoms with Crippen LogP contribution in [-0.2, 0) is 0 Å². The van der Waals surface area contributed by atoms with Crippen molar-refractivity contribution in [3.8, 4) is 0 Å². The second-order valence-electron chi connectivity index (χ2n) is 7.37. The molecule has 1 heterocycles. The third kappa shape index (κ3) is 6.69. The highest BCUT2D eigenvalue weighted by molar-refractivity contribution is 4.94. The third-order valence-corrected chi connectivity index (χ3v) is 5.40. The predicted molar refractivity (Wildman–Crippen MR) is 94.5 cm³/mol. The highest BCUT2D eigenvalue weighted by Crippen LogP contribution is 2.34. The monoisotopic (exact) mass is 296 g/mol. The van der Waals surface area contributed by atoms with Crippen molar-refractivity contribution >= 4 is 0 Å². The molecule has 1 unspecified atom stereocenters. The van der Waals surface area contributed by atoms with Gasteiger partial charge in [0.15, 0.2) is 0 Å². The first-order chi connectivity index (χ1) is 10.1. The minimum Gasteiger partial charge on any atom is -0.316 e. The molecule has 0 aliphatic carbocycles. The Morgan fingerprint density at radius 2 is 1.33 bits per heavy atom. The van der Waals surface area contributed by atoms with Gasteiger partial charge in [-0.3, -0.25) is 4.90 Å². The second-order valence-corrected chi connectivity index (χ2v) is 7.37. The molecule has 0 saturated carbocycles. The molecule has 1 fully saturated rings. The summed E-state index contributed by atoms with van der Waals surface area (Å²) in [5.41, 5.74) is 6.61. The van der Waals surface area contributed by atoms with Crippen LogP contribution >= 0.6 is 0 Å². The van der Waals surface area contributed by atoms with Gasteiger partial charge in [0.25, 0.3) is 0 Å². The fourth-order valence-electron chi connectivity index (χ4n) is 3.71. The standard InChI is InChI=1S/C19H40N2/c1-4-6-8-10-12-15-19(3,21-17-14-18(21)20)16-13-11-9-7-5-2/h18H,4-17,20H2,1-3H3. The van der Waals surface area contributed by atoms with Gasteiger partial charge >= 0.3 is 0 Å². The van der Waals surface area contributed by atoms with Crippen LogP contribution in [0.4, 0.5) is 0 Å². The van der Waals surface area contributed by atoms with E-state index in [1.165, 1.54) is 90.0 Å². The molecule has 1 saturated heterocycles. The smallest absolute Gasteiger partial charge is 0.0588 e. The van der Waals surface area contributed by atoms with Crippen molar-refractivity contribution in [1.29, 1.82) is 0 Å². The highest BCUT2D eigenvalue weighted by Gasteiger charge is 2.39. The van der Waals surface area contributed by atoms with Gasteiger partial charge in [0.1, 0.15) is 0 Å². The van der Waals surface area contributed by atoms with Crippen molar-refractivity contribution in [2.24, 2.45) is 5.73 Å². The van der Waals surface area contributed by atoms with E-state index in [1.807, 2.05) is 0 Å². The van der Waals surface area contributed by atoms with Gasteiger partial charge in [-0.15, -0.1) is 0 Å². The Hall–Kier alpha value is -0.0800. The van der Waals surface area contributed by atoms with E-state index in [1.54, 1.807) is 0 Å². The number of rotatable bonds is 13. The zero-order valence-corrected chi connectivity index (χ0v) is 15.0. The highest BCUT2D eigenvalue weighted by atomic mass is 15.3. The first-order valence-corrected chi connectivity index (χ1v) is 9.66. The van der Waals surface area contributed by atoms with Crippen molar-refractivity contribution in [3.63, 3.8) is 0 Å². The molecule has 1 aliphatic heterocycles. The maximum atomic E-state index is 6.24. The van der Waals surface area contributed by atoms with Crippen molar-refractivity contribution in [1.82, 2.24) is 4.90 Å². The molecule has 0 aromatic heterocycles. The maximum Gasteiger partial charge on any atom is 0.0588 e. The number of hydrogen-bond donors (Lipinski definition) is 1. The van der Waals surface area contributed by atoms with Gasteiger partial charge in [0.05, 0.1) is 6.17 Å². The summed E-state index contributed by atoms with van der Waals surface area (Å²) in [5.74, 6) is 0. The van der Waals surface area contributed by atoms with Crippen LogP contribution in [-0.4, -0.2) is 23.1 Å². The van der Waals surface area contributed by atoms with Gasteiger partial charge in [-0.05, 0) is 26.2 Å². The Labute approximate surface area is 133 Å². The van der Waals surface area contributed by atoms with Gasteiger partial charge in [0.2, 0.25) is 0 Å². The van der Waals surface area contributed by atoms with Crippen molar-refractivity contribution in [2.75, 3.05) is 6.54 Å². The molecule has 2 N–H and O–H groups in total. The van der Waals surface area contributed by atoms with Crippen molar-refractivity contribution in [3.05, 3.63) is 0 Å². The molecule has 0 radical (unpaired) electrons. The summed E-state index contributed by atoms with van der Waals surface area (Å²) in [6.45, 7) is 8.28. The lowest BCUT2D eigenvalue weighted by molar-refractivity contribution is -0.0280. The molecule has 2 nitrogen and oxygen atoms in total. The van der Waals surface area contributed by atoms with E-state index in [0.29, 0.717) is 11.7 Å². The van der Waals surface area contributed by atoms with Crippen LogP contribution in [0.1, 0.15) is 104 Å². The summed E-state index contributed by atoms with van der Waals surface area (Å²) in [6, 6.07) is 0. The molecular formula is C19H40N2. The lowest BCUT2D eigenvalue weighted by atomic mass is 9.83. The van der Waals surface area contributed by atoms with E-state index in [2.05, 4.69) is 25.7 Å². The molecule has 2 heteroatoms. The van der Waals surface area contributed by atoms with E-state index in [0.717, 1.165) is 0 Å². The molecular weight excluding hydrogens is 256 g/mol. The van der Waals surface area contributed by atoms with Gasteiger partial charge < -0.3 is 5.73 Å². The van der Waals surface area contributed by atoms with Crippen LogP contribution < -0.4 is 5.73 Å². The lowest BCUT2D eigenvalue weighted by Crippen LogP contribution is -2.63. The number of likely N-dealkylation sites (tertiary alicyclic amines) is 1. The summed E-state index contributed by atoms with van der Waals surface area (Å²) in [6.07, 6.45) is 18.1. The van der Waals surface area contributed by atoms with Gasteiger partial charge in [-0.2, -0.15) is 0 Å². The summed E-state index contributed by atoms with van der Waals surface area (Å²) in [4.78, 5) is 2.59. The first kappa shape index (κ1) is 19.0. The lowest BCUT2D eigenvalue weighted by Gasteiger charge is -2.51. The molecule has 21 heavy (non-hydrogen) atoms. The topological polar surface area (TPSA) is 29.3 Å². The van der Waals surface area contributed by atoms with Gasteiger partial charge in [-0.25, -0.2) is 0 Å². The number of nitrogens with zero attached hydrogens (tertiary/aromatic N) is 1. The van der Waals surface area contributed by atoms with Crippen LogP contribution in [0.3, 0.4) is 0 Å². The van der Waals surface area contributed by atoms with E-state index in [4.69, 9.17) is 5.73 Å². The second kappa shape index (κ2) is 10.6. The van der Waals surface area contributed by atoms with Crippen LogP contribution in [0.2, 0.25) is 0 Å². The van der Waals surface area contributed by atoms with Crippen molar-refractivity contribution < 1.29 is 0 Å². The zero-order chi connectivity index (χ0) is 15.6.